The van der Waals surface area contributed by atoms with Crippen LogP contribution in [0.5, 0.6) is 0 Å². The molecule has 4 heteroatoms. The highest BCUT2D eigenvalue weighted by Gasteiger charge is 2.39. The zero-order valence-corrected chi connectivity index (χ0v) is 11.7. The van der Waals surface area contributed by atoms with Gasteiger partial charge in [0.2, 0.25) is 0 Å². The van der Waals surface area contributed by atoms with Gasteiger partial charge in [-0.2, -0.15) is 0 Å². The maximum absolute atomic E-state index is 5.51. The summed E-state index contributed by atoms with van der Waals surface area (Å²) in [4.78, 5) is 4.58. The quantitative estimate of drug-likeness (QED) is 0.742. The zero-order valence-electron chi connectivity index (χ0n) is 10.8. The minimum absolute atomic E-state index is 0.395. The summed E-state index contributed by atoms with van der Waals surface area (Å²) >= 11 is 1.89. The van der Waals surface area contributed by atoms with Crippen molar-refractivity contribution in [3.05, 3.63) is 0 Å². The molecule has 2 rings (SSSR count). The predicted molar refractivity (Wildman–Crippen MR) is 74.8 cm³/mol. The maximum atomic E-state index is 5.51. The summed E-state index contributed by atoms with van der Waals surface area (Å²) in [7, 11) is 0. The average Bonchev–Trinajstić information content (AvgIpc) is 2.95. The predicted octanol–water partition coefficient (Wildman–Crippen LogP) is 2.81. The van der Waals surface area contributed by atoms with Crippen molar-refractivity contribution < 1.29 is 4.74 Å². The van der Waals surface area contributed by atoms with Gasteiger partial charge in [0.05, 0.1) is 13.2 Å². The lowest BCUT2D eigenvalue weighted by Gasteiger charge is -2.21. The minimum atomic E-state index is 0.395. The Bertz CT molecular complexity index is 262. The molecule has 1 saturated heterocycles. The molecule has 1 N–H and O–H groups in total. The van der Waals surface area contributed by atoms with Gasteiger partial charge in [0.15, 0.2) is 5.17 Å². The van der Waals surface area contributed by atoms with Gasteiger partial charge in [-0.1, -0.05) is 37.9 Å². The van der Waals surface area contributed by atoms with Crippen LogP contribution in [0.4, 0.5) is 0 Å². The number of thioether (sulfide) groups is 1. The molecule has 2 fully saturated rings. The monoisotopic (exact) mass is 256 g/mol. The van der Waals surface area contributed by atoms with E-state index in [0.29, 0.717) is 5.54 Å². The van der Waals surface area contributed by atoms with Gasteiger partial charge in [-0.05, 0) is 19.3 Å². The summed E-state index contributed by atoms with van der Waals surface area (Å²) in [6.07, 6.45) is 7.76. The zero-order chi connectivity index (χ0) is 12.0. The van der Waals surface area contributed by atoms with Gasteiger partial charge in [-0.15, -0.1) is 0 Å². The number of aliphatic imine (C=N–C) groups is 1. The lowest BCUT2D eigenvalue weighted by atomic mass is 10.0. The van der Waals surface area contributed by atoms with Crippen LogP contribution in [0.3, 0.4) is 0 Å². The van der Waals surface area contributed by atoms with E-state index in [1.54, 1.807) is 0 Å². The van der Waals surface area contributed by atoms with E-state index in [9.17, 15) is 0 Å². The molecule has 0 unspecified atom stereocenters. The van der Waals surface area contributed by atoms with Crippen LogP contribution in [0.25, 0.3) is 0 Å². The second-order valence-corrected chi connectivity index (χ2v) is 6.02. The highest BCUT2D eigenvalue weighted by Crippen LogP contribution is 2.37. The Labute approximate surface area is 109 Å². The fraction of sp³-hybridized carbons (Fsp3) is 0.923. The Kier molecular flexibility index (Phi) is 5.16. The van der Waals surface area contributed by atoms with Crippen LogP contribution in [0, 0.1) is 0 Å². The smallest absolute Gasteiger partial charge is 0.157 e. The molecule has 2 aliphatic rings. The number of hydrogen-bond acceptors (Lipinski definition) is 3. The van der Waals surface area contributed by atoms with E-state index in [1.807, 2.05) is 11.8 Å². The van der Waals surface area contributed by atoms with E-state index in [0.717, 1.165) is 31.3 Å². The molecule has 1 heterocycles. The van der Waals surface area contributed by atoms with Crippen LogP contribution < -0.4 is 5.32 Å². The van der Waals surface area contributed by atoms with Gasteiger partial charge < -0.3 is 10.1 Å². The number of nitrogens with one attached hydrogen (secondary N) is 1. The van der Waals surface area contributed by atoms with Crippen molar-refractivity contribution in [2.45, 2.75) is 51.0 Å². The number of unbranched alkanes of at least 4 members (excludes halogenated alkanes) is 1. The third kappa shape index (κ3) is 3.88. The summed E-state index contributed by atoms with van der Waals surface area (Å²) < 4.78 is 5.51. The standard InChI is InChI=1S/C13H24N2OS/c1-2-3-9-16-10-8-14-12-15-13(11-17-12)6-4-5-7-13/h2-11H2,1H3,(H,14,15). The lowest BCUT2D eigenvalue weighted by molar-refractivity contribution is 0.139. The summed E-state index contributed by atoms with van der Waals surface area (Å²) in [6.45, 7) is 4.63. The second-order valence-electron chi connectivity index (χ2n) is 5.05. The van der Waals surface area contributed by atoms with Crippen LogP contribution in [-0.2, 0) is 4.74 Å². The fourth-order valence-corrected chi connectivity index (χ4v) is 3.72. The first-order chi connectivity index (χ1) is 8.35. The topological polar surface area (TPSA) is 33.6 Å². The Morgan fingerprint density at radius 1 is 1.35 bits per heavy atom. The number of rotatable bonds is 6. The summed E-state index contributed by atoms with van der Waals surface area (Å²) in [5.74, 6) is 1.21. The molecule has 0 bridgehead atoms. The highest BCUT2D eigenvalue weighted by molar-refractivity contribution is 8.14. The molecule has 0 aromatic rings. The first kappa shape index (κ1) is 13.2. The number of amidine groups is 1. The normalized spacial score (nSPS) is 24.6. The molecular formula is C13H24N2OS. The third-order valence-corrected chi connectivity index (χ3v) is 4.75. The first-order valence-corrected chi connectivity index (χ1v) is 7.86. The summed E-state index contributed by atoms with van der Waals surface area (Å²) in [5.41, 5.74) is 0.395. The van der Waals surface area contributed by atoms with E-state index in [1.165, 1.54) is 37.9 Å². The molecule has 98 valence electrons. The summed E-state index contributed by atoms with van der Waals surface area (Å²) in [6, 6.07) is 0. The molecule has 1 spiro atoms. The molecule has 0 aromatic heterocycles. The highest BCUT2D eigenvalue weighted by atomic mass is 32.2. The van der Waals surface area contributed by atoms with Gasteiger partial charge in [0.25, 0.3) is 0 Å². The Balaban J connectivity index is 1.62. The van der Waals surface area contributed by atoms with Crippen molar-refractivity contribution in [3.63, 3.8) is 0 Å². The first-order valence-electron chi connectivity index (χ1n) is 6.88. The van der Waals surface area contributed by atoms with Crippen molar-refractivity contribution in [1.82, 2.24) is 5.32 Å². The minimum Gasteiger partial charge on any atom is -0.380 e. The molecule has 0 atom stereocenters. The van der Waals surface area contributed by atoms with Crippen LogP contribution in [0.15, 0.2) is 4.99 Å². The lowest BCUT2D eigenvalue weighted by Crippen LogP contribution is -2.40. The molecule has 1 saturated carbocycles. The van der Waals surface area contributed by atoms with Gasteiger partial charge in [0, 0.05) is 17.9 Å². The molecule has 1 aliphatic heterocycles. The fourth-order valence-electron chi connectivity index (χ4n) is 2.47. The summed E-state index contributed by atoms with van der Waals surface area (Å²) in [5, 5.41) is 4.77. The van der Waals surface area contributed by atoms with E-state index < -0.39 is 0 Å². The van der Waals surface area contributed by atoms with E-state index in [4.69, 9.17) is 4.74 Å². The van der Waals surface area contributed by atoms with Crippen molar-refractivity contribution in [2.75, 3.05) is 25.5 Å². The van der Waals surface area contributed by atoms with Gasteiger partial charge >= 0.3 is 0 Å². The Hall–Kier alpha value is -0.220. The van der Waals surface area contributed by atoms with Crippen LogP contribution >= 0.6 is 11.8 Å². The number of ether oxygens (including phenoxy) is 1. The van der Waals surface area contributed by atoms with Crippen LogP contribution in [-0.4, -0.2) is 36.2 Å². The largest absolute Gasteiger partial charge is 0.380 e. The maximum Gasteiger partial charge on any atom is 0.157 e. The van der Waals surface area contributed by atoms with Gasteiger partial charge in [-0.25, -0.2) is 0 Å². The Morgan fingerprint density at radius 3 is 2.94 bits per heavy atom. The number of hydrogen-bond donors (Lipinski definition) is 1. The average molecular weight is 256 g/mol. The molecule has 1 aliphatic carbocycles. The SMILES string of the molecule is CCCCOCCN=C1NC2(CCCC2)CS1. The molecule has 0 aromatic carbocycles. The van der Waals surface area contributed by atoms with E-state index in [2.05, 4.69) is 17.2 Å². The van der Waals surface area contributed by atoms with E-state index in [-0.39, 0.29) is 0 Å². The number of nitrogens with zero attached hydrogens (tertiary/aromatic N) is 1. The van der Waals surface area contributed by atoms with Crippen molar-refractivity contribution in [2.24, 2.45) is 4.99 Å². The van der Waals surface area contributed by atoms with E-state index >= 15 is 0 Å². The molecule has 0 radical (unpaired) electrons. The van der Waals surface area contributed by atoms with Gasteiger partial charge in [-0.3, -0.25) is 4.99 Å². The van der Waals surface area contributed by atoms with Crippen molar-refractivity contribution in [3.8, 4) is 0 Å². The molecule has 17 heavy (non-hydrogen) atoms. The van der Waals surface area contributed by atoms with Gasteiger partial charge in [0.1, 0.15) is 0 Å². The molecule has 0 amide bonds. The third-order valence-electron chi connectivity index (χ3n) is 3.55. The van der Waals surface area contributed by atoms with Crippen molar-refractivity contribution >= 4 is 16.9 Å². The molecular weight excluding hydrogens is 232 g/mol. The van der Waals surface area contributed by atoms with Crippen molar-refractivity contribution in [1.29, 1.82) is 0 Å². The molecule has 3 nitrogen and oxygen atoms in total. The second kappa shape index (κ2) is 6.64. The van der Waals surface area contributed by atoms with Crippen LogP contribution in [0.1, 0.15) is 45.4 Å². The van der Waals surface area contributed by atoms with Crippen LogP contribution in [0.2, 0.25) is 0 Å². The Morgan fingerprint density at radius 2 is 2.18 bits per heavy atom.